The predicted molar refractivity (Wildman–Crippen MR) is 56.3 cm³/mol. The smallest absolute Gasteiger partial charge is 0.303 e. The fraction of sp³-hybridized carbons (Fsp3) is 0.909. The molecule has 0 aromatic heterocycles. The predicted octanol–water partition coefficient (Wildman–Crippen LogP) is 1.97. The Hall–Kier alpha value is -0.570. The van der Waals surface area contributed by atoms with Gasteiger partial charge in [0, 0.05) is 6.42 Å². The van der Waals surface area contributed by atoms with Crippen molar-refractivity contribution in [3.05, 3.63) is 0 Å². The highest BCUT2D eigenvalue weighted by molar-refractivity contribution is 5.66. The molecule has 0 saturated carbocycles. The lowest BCUT2D eigenvalue weighted by Crippen LogP contribution is -2.25. The van der Waals surface area contributed by atoms with Crippen LogP contribution in [0.1, 0.15) is 39.0 Å². The molecule has 0 radical (unpaired) electrons. The van der Waals surface area contributed by atoms with Crippen molar-refractivity contribution in [1.29, 1.82) is 0 Å². The third-order valence-corrected chi connectivity index (χ3v) is 2.94. The first-order chi connectivity index (χ1) is 6.72. The van der Waals surface area contributed by atoms with Crippen LogP contribution >= 0.6 is 0 Å². The minimum Gasteiger partial charge on any atom is -0.481 e. The number of carboxylic acids is 1. The number of nitrogens with zero attached hydrogens (tertiary/aromatic N) is 1. The maximum atomic E-state index is 10.6. The van der Waals surface area contributed by atoms with Crippen molar-refractivity contribution in [2.45, 2.75) is 39.0 Å². The van der Waals surface area contributed by atoms with E-state index in [1.807, 2.05) is 0 Å². The van der Waals surface area contributed by atoms with E-state index in [9.17, 15) is 4.79 Å². The van der Waals surface area contributed by atoms with Gasteiger partial charge in [0.2, 0.25) is 0 Å². The topological polar surface area (TPSA) is 40.5 Å². The van der Waals surface area contributed by atoms with Gasteiger partial charge < -0.3 is 10.0 Å². The average molecular weight is 199 g/mol. The third-order valence-electron chi connectivity index (χ3n) is 2.94. The van der Waals surface area contributed by atoms with Crippen molar-refractivity contribution in [2.75, 3.05) is 19.6 Å². The summed E-state index contributed by atoms with van der Waals surface area (Å²) in [4.78, 5) is 13.0. The second-order valence-corrected chi connectivity index (χ2v) is 4.24. The maximum Gasteiger partial charge on any atom is 0.303 e. The Morgan fingerprint density at radius 1 is 1.43 bits per heavy atom. The van der Waals surface area contributed by atoms with Gasteiger partial charge in [-0.05, 0) is 51.2 Å². The third kappa shape index (κ3) is 4.09. The molecule has 1 N–H and O–H groups in total. The van der Waals surface area contributed by atoms with Gasteiger partial charge >= 0.3 is 5.97 Å². The Kier molecular flexibility index (Phi) is 4.94. The number of hydrogen-bond donors (Lipinski definition) is 1. The van der Waals surface area contributed by atoms with Gasteiger partial charge in [0.25, 0.3) is 0 Å². The first kappa shape index (κ1) is 11.5. The van der Waals surface area contributed by atoms with Gasteiger partial charge in [0.05, 0.1) is 0 Å². The van der Waals surface area contributed by atoms with Gasteiger partial charge in [-0.25, -0.2) is 0 Å². The van der Waals surface area contributed by atoms with Crippen molar-refractivity contribution in [1.82, 2.24) is 4.90 Å². The molecule has 0 aliphatic carbocycles. The Balaban J connectivity index is 2.29. The van der Waals surface area contributed by atoms with E-state index in [2.05, 4.69) is 11.8 Å². The van der Waals surface area contributed by atoms with Crippen LogP contribution in [0.5, 0.6) is 0 Å². The highest BCUT2D eigenvalue weighted by atomic mass is 16.4. The SMILES string of the molecule is CCCN1CCCC(CC(=O)O)CC1. The van der Waals surface area contributed by atoms with E-state index in [1.54, 1.807) is 0 Å². The number of aliphatic carboxylic acids is 1. The molecule has 1 heterocycles. The summed E-state index contributed by atoms with van der Waals surface area (Å²) >= 11 is 0. The van der Waals surface area contributed by atoms with Crippen molar-refractivity contribution in [3.8, 4) is 0 Å². The highest BCUT2D eigenvalue weighted by Crippen LogP contribution is 2.20. The molecule has 1 atom stereocenters. The number of rotatable bonds is 4. The molecule has 0 bridgehead atoms. The van der Waals surface area contributed by atoms with Crippen LogP contribution in [0.3, 0.4) is 0 Å². The van der Waals surface area contributed by atoms with Crippen LogP contribution in [0, 0.1) is 5.92 Å². The standard InChI is InChI=1S/C11H21NO2/c1-2-6-12-7-3-4-10(5-8-12)9-11(13)14/h10H,2-9H2,1H3,(H,13,14). The van der Waals surface area contributed by atoms with Crippen LogP contribution in [0.25, 0.3) is 0 Å². The van der Waals surface area contributed by atoms with Crippen LogP contribution in [0.15, 0.2) is 0 Å². The molecule has 1 fully saturated rings. The quantitative estimate of drug-likeness (QED) is 0.752. The van der Waals surface area contributed by atoms with E-state index in [-0.39, 0.29) is 0 Å². The molecule has 1 aliphatic heterocycles. The summed E-state index contributed by atoms with van der Waals surface area (Å²) in [5.41, 5.74) is 0. The van der Waals surface area contributed by atoms with E-state index in [0.717, 1.165) is 32.4 Å². The van der Waals surface area contributed by atoms with Gasteiger partial charge in [-0.15, -0.1) is 0 Å². The van der Waals surface area contributed by atoms with Crippen LogP contribution in [-0.2, 0) is 4.79 Å². The number of carboxylic acid groups (broad SMARTS) is 1. The second-order valence-electron chi connectivity index (χ2n) is 4.24. The molecular formula is C11H21NO2. The molecular weight excluding hydrogens is 178 g/mol. The van der Waals surface area contributed by atoms with Gasteiger partial charge in [-0.1, -0.05) is 6.92 Å². The van der Waals surface area contributed by atoms with Gasteiger partial charge in [0.15, 0.2) is 0 Å². The molecule has 1 saturated heterocycles. The van der Waals surface area contributed by atoms with Gasteiger partial charge in [0.1, 0.15) is 0 Å². The molecule has 3 nitrogen and oxygen atoms in total. The van der Waals surface area contributed by atoms with Crippen LogP contribution in [0.4, 0.5) is 0 Å². The average Bonchev–Trinajstić information content (AvgIpc) is 2.31. The minimum absolute atomic E-state index is 0.361. The fourth-order valence-electron chi connectivity index (χ4n) is 2.22. The number of carbonyl (C=O) groups is 1. The first-order valence-electron chi connectivity index (χ1n) is 5.66. The summed E-state index contributed by atoms with van der Waals surface area (Å²) in [6.45, 7) is 5.61. The molecule has 1 aliphatic rings. The maximum absolute atomic E-state index is 10.6. The second kappa shape index (κ2) is 6.02. The summed E-state index contributed by atoms with van der Waals surface area (Å²) < 4.78 is 0. The summed E-state index contributed by atoms with van der Waals surface area (Å²) in [7, 11) is 0. The summed E-state index contributed by atoms with van der Waals surface area (Å²) in [5.74, 6) is -0.228. The lowest BCUT2D eigenvalue weighted by atomic mass is 9.97. The molecule has 0 aromatic rings. The van der Waals surface area contributed by atoms with Crippen molar-refractivity contribution in [2.24, 2.45) is 5.92 Å². The van der Waals surface area contributed by atoms with E-state index >= 15 is 0 Å². The van der Waals surface area contributed by atoms with Crippen molar-refractivity contribution < 1.29 is 9.90 Å². The number of likely N-dealkylation sites (tertiary alicyclic amines) is 1. The fourth-order valence-corrected chi connectivity index (χ4v) is 2.22. The van der Waals surface area contributed by atoms with E-state index in [4.69, 9.17) is 5.11 Å². The normalized spacial score (nSPS) is 24.5. The lowest BCUT2D eigenvalue weighted by molar-refractivity contribution is -0.138. The molecule has 1 rings (SSSR count). The van der Waals surface area contributed by atoms with Crippen molar-refractivity contribution in [3.63, 3.8) is 0 Å². The Morgan fingerprint density at radius 3 is 2.86 bits per heavy atom. The van der Waals surface area contributed by atoms with Gasteiger partial charge in [-0.2, -0.15) is 0 Å². The summed E-state index contributed by atoms with van der Waals surface area (Å²) in [5, 5.41) is 8.71. The van der Waals surface area contributed by atoms with Gasteiger partial charge in [-0.3, -0.25) is 4.79 Å². The molecule has 0 aromatic carbocycles. The lowest BCUT2D eigenvalue weighted by Gasteiger charge is -2.18. The summed E-state index contributed by atoms with van der Waals surface area (Å²) in [6.07, 6.45) is 4.88. The largest absolute Gasteiger partial charge is 0.481 e. The molecule has 82 valence electrons. The van der Waals surface area contributed by atoms with Crippen LogP contribution in [0.2, 0.25) is 0 Å². The zero-order chi connectivity index (χ0) is 10.4. The molecule has 0 spiro atoms. The minimum atomic E-state index is -0.640. The zero-order valence-corrected chi connectivity index (χ0v) is 9.04. The van der Waals surface area contributed by atoms with E-state index in [1.165, 1.54) is 13.0 Å². The molecule has 3 heteroatoms. The molecule has 14 heavy (non-hydrogen) atoms. The van der Waals surface area contributed by atoms with Crippen LogP contribution in [-0.4, -0.2) is 35.6 Å². The Bertz CT molecular complexity index is 182. The highest BCUT2D eigenvalue weighted by Gasteiger charge is 2.18. The molecule has 0 amide bonds. The monoisotopic (exact) mass is 199 g/mol. The zero-order valence-electron chi connectivity index (χ0n) is 9.04. The number of hydrogen-bond acceptors (Lipinski definition) is 2. The summed E-state index contributed by atoms with van der Waals surface area (Å²) in [6, 6.07) is 0. The molecule has 1 unspecified atom stereocenters. The van der Waals surface area contributed by atoms with E-state index < -0.39 is 5.97 Å². The first-order valence-corrected chi connectivity index (χ1v) is 5.66. The van der Waals surface area contributed by atoms with E-state index in [0.29, 0.717) is 12.3 Å². The van der Waals surface area contributed by atoms with Crippen molar-refractivity contribution >= 4 is 5.97 Å². The Labute approximate surface area is 86.1 Å². The Morgan fingerprint density at radius 2 is 2.21 bits per heavy atom. The van der Waals surface area contributed by atoms with Crippen LogP contribution < -0.4 is 0 Å².